The van der Waals surface area contributed by atoms with E-state index in [0.717, 1.165) is 0 Å². The summed E-state index contributed by atoms with van der Waals surface area (Å²) in [6.45, 7) is 0. The Balaban J connectivity index is 3.42. The molecule has 0 saturated carbocycles. The quantitative estimate of drug-likeness (QED) is 0.681. The molecular weight excluding hydrogens is 268 g/mol. The minimum atomic E-state index is -2.04. The molecule has 108 valence electrons. The van der Waals surface area contributed by atoms with Crippen molar-refractivity contribution in [3.8, 4) is 5.75 Å². The predicted octanol–water partition coefficient (Wildman–Crippen LogP) is 0.967. The largest absolute Gasteiger partial charge is 0.497 e. The normalized spacial score (nSPS) is 10.8. The first-order valence-electron chi connectivity index (χ1n) is 5.63. The fourth-order valence-corrected chi connectivity index (χ4v) is 1.98. The topological polar surface area (TPSA) is 121 Å². The Kier molecular flexibility index (Phi) is 4.68. The van der Waals surface area contributed by atoms with Gasteiger partial charge in [-0.2, -0.15) is 0 Å². The van der Waals surface area contributed by atoms with Gasteiger partial charge in [0.05, 0.1) is 20.0 Å². The van der Waals surface area contributed by atoms with Crippen LogP contribution in [0.2, 0.25) is 0 Å². The molecule has 0 fully saturated rings. The lowest BCUT2D eigenvalue weighted by Crippen LogP contribution is -2.40. The zero-order chi connectivity index (χ0) is 15.3. The monoisotopic (exact) mass is 282 g/mol. The second kappa shape index (κ2) is 6.05. The molecule has 1 aromatic carbocycles. The molecule has 0 amide bonds. The van der Waals surface area contributed by atoms with Gasteiger partial charge in [-0.1, -0.05) is 12.1 Å². The van der Waals surface area contributed by atoms with E-state index >= 15 is 0 Å². The Morgan fingerprint density at radius 3 is 2.05 bits per heavy atom. The number of hydrogen-bond acceptors (Lipinski definition) is 4. The molecule has 0 heterocycles. The van der Waals surface area contributed by atoms with Crippen LogP contribution in [0.4, 0.5) is 0 Å². The summed E-state index contributed by atoms with van der Waals surface area (Å²) in [6.07, 6.45) is -1.66. The molecule has 0 spiro atoms. The van der Waals surface area contributed by atoms with Crippen LogP contribution in [0.15, 0.2) is 24.3 Å². The fourth-order valence-electron chi connectivity index (χ4n) is 1.98. The second-order valence-electron chi connectivity index (χ2n) is 4.26. The maximum absolute atomic E-state index is 11.5. The maximum atomic E-state index is 11.5. The number of methoxy groups -OCH3 is 1. The molecule has 0 radical (unpaired) electrons. The van der Waals surface area contributed by atoms with Gasteiger partial charge < -0.3 is 20.1 Å². The van der Waals surface area contributed by atoms with E-state index in [-0.39, 0.29) is 5.56 Å². The number of carbonyl (C=O) groups is 3. The summed E-state index contributed by atoms with van der Waals surface area (Å²) in [6, 6.07) is 5.75. The molecule has 0 aliphatic carbocycles. The van der Waals surface area contributed by atoms with Gasteiger partial charge in [-0.05, 0) is 17.7 Å². The Morgan fingerprint density at radius 1 is 1.10 bits per heavy atom. The van der Waals surface area contributed by atoms with Crippen molar-refractivity contribution in [2.24, 2.45) is 0 Å². The molecule has 0 saturated heterocycles. The molecular formula is C13H14O7. The minimum Gasteiger partial charge on any atom is -0.497 e. The van der Waals surface area contributed by atoms with E-state index in [1.807, 2.05) is 0 Å². The summed E-state index contributed by atoms with van der Waals surface area (Å²) in [5.41, 5.74) is -1.96. The highest BCUT2D eigenvalue weighted by Gasteiger charge is 2.44. The average Bonchev–Trinajstić information content (AvgIpc) is 2.36. The van der Waals surface area contributed by atoms with Crippen LogP contribution in [0.1, 0.15) is 18.4 Å². The highest BCUT2D eigenvalue weighted by Crippen LogP contribution is 2.34. The predicted molar refractivity (Wildman–Crippen MR) is 66.8 cm³/mol. The van der Waals surface area contributed by atoms with Gasteiger partial charge in [0.2, 0.25) is 0 Å². The van der Waals surface area contributed by atoms with Crippen LogP contribution in [0.5, 0.6) is 5.75 Å². The summed E-state index contributed by atoms with van der Waals surface area (Å²) in [5.74, 6) is -3.97. The first-order valence-corrected chi connectivity index (χ1v) is 5.63. The van der Waals surface area contributed by atoms with Gasteiger partial charge in [-0.15, -0.1) is 0 Å². The van der Waals surface area contributed by atoms with Crippen molar-refractivity contribution in [1.82, 2.24) is 0 Å². The van der Waals surface area contributed by atoms with E-state index in [2.05, 4.69) is 0 Å². The van der Waals surface area contributed by atoms with Crippen molar-refractivity contribution in [3.63, 3.8) is 0 Å². The SMILES string of the molecule is COc1cccc(C(CC(=O)O)(CC(=O)O)C(=O)O)c1. The van der Waals surface area contributed by atoms with Gasteiger partial charge in [0, 0.05) is 0 Å². The Morgan fingerprint density at radius 2 is 1.65 bits per heavy atom. The van der Waals surface area contributed by atoms with Gasteiger partial charge in [-0.25, -0.2) is 0 Å². The van der Waals surface area contributed by atoms with Crippen LogP contribution >= 0.6 is 0 Å². The average molecular weight is 282 g/mol. The van der Waals surface area contributed by atoms with Gasteiger partial charge >= 0.3 is 17.9 Å². The van der Waals surface area contributed by atoms with Crippen molar-refractivity contribution in [2.75, 3.05) is 7.11 Å². The lowest BCUT2D eigenvalue weighted by atomic mass is 9.75. The van der Waals surface area contributed by atoms with E-state index in [0.29, 0.717) is 5.75 Å². The summed E-state index contributed by atoms with van der Waals surface area (Å²) >= 11 is 0. The summed E-state index contributed by atoms with van der Waals surface area (Å²) < 4.78 is 4.95. The Hall–Kier alpha value is -2.57. The molecule has 3 N–H and O–H groups in total. The van der Waals surface area contributed by atoms with Gasteiger partial charge in [0.15, 0.2) is 0 Å². The molecule has 0 atom stereocenters. The van der Waals surface area contributed by atoms with Gasteiger partial charge in [0.1, 0.15) is 11.2 Å². The third-order valence-corrected chi connectivity index (χ3v) is 2.94. The van der Waals surface area contributed by atoms with Gasteiger partial charge in [-0.3, -0.25) is 14.4 Å². The smallest absolute Gasteiger partial charge is 0.315 e. The number of ether oxygens (including phenoxy) is 1. The highest BCUT2D eigenvalue weighted by atomic mass is 16.5. The number of aliphatic carboxylic acids is 3. The van der Waals surface area contributed by atoms with Crippen LogP contribution in [-0.4, -0.2) is 40.3 Å². The molecule has 1 aromatic rings. The summed E-state index contributed by atoms with van der Waals surface area (Å²) in [5, 5.41) is 27.2. The van der Waals surface area contributed by atoms with Crippen LogP contribution in [-0.2, 0) is 19.8 Å². The minimum absolute atomic E-state index is 0.0779. The first-order chi connectivity index (χ1) is 9.31. The Bertz CT molecular complexity index is 519. The lowest BCUT2D eigenvalue weighted by molar-refractivity contribution is -0.154. The number of benzene rings is 1. The number of rotatable bonds is 7. The molecule has 0 bridgehead atoms. The molecule has 20 heavy (non-hydrogen) atoms. The summed E-state index contributed by atoms with van der Waals surface area (Å²) in [4.78, 5) is 33.4. The molecule has 7 nitrogen and oxygen atoms in total. The van der Waals surface area contributed by atoms with Gasteiger partial charge in [0.25, 0.3) is 0 Å². The van der Waals surface area contributed by atoms with Crippen molar-refractivity contribution in [2.45, 2.75) is 18.3 Å². The molecule has 0 unspecified atom stereocenters. The van der Waals surface area contributed by atoms with Crippen molar-refractivity contribution in [1.29, 1.82) is 0 Å². The van der Waals surface area contributed by atoms with E-state index in [4.69, 9.17) is 14.9 Å². The number of carboxylic acids is 3. The van der Waals surface area contributed by atoms with Crippen LogP contribution in [0, 0.1) is 0 Å². The van der Waals surface area contributed by atoms with E-state index < -0.39 is 36.2 Å². The van der Waals surface area contributed by atoms with Crippen LogP contribution < -0.4 is 4.74 Å². The third-order valence-electron chi connectivity index (χ3n) is 2.94. The van der Waals surface area contributed by atoms with E-state index in [9.17, 15) is 19.5 Å². The first kappa shape index (κ1) is 15.5. The highest BCUT2D eigenvalue weighted by molar-refractivity contribution is 5.91. The van der Waals surface area contributed by atoms with Crippen LogP contribution in [0.3, 0.4) is 0 Å². The Labute approximate surface area is 114 Å². The van der Waals surface area contributed by atoms with Crippen molar-refractivity contribution >= 4 is 17.9 Å². The third kappa shape index (κ3) is 3.25. The van der Waals surface area contributed by atoms with E-state index in [1.165, 1.54) is 25.3 Å². The molecule has 7 heteroatoms. The lowest BCUT2D eigenvalue weighted by Gasteiger charge is -2.27. The molecule has 0 aromatic heterocycles. The maximum Gasteiger partial charge on any atom is 0.315 e. The second-order valence-corrected chi connectivity index (χ2v) is 4.26. The standard InChI is InChI=1S/C13H14O7/c1-20-9-4-2-3-8(5-9)13(12(18)19,6-10(14)15)7-11(16)17/h2-5H,6-7H2,1H3,(H,14,15)(H,16,17)(H,18,19). The molecule has 0 aliphatic heterocycles. The molecule has 1 rings (SSSR count). The summed E-state index contributed by atoms with van der Waals surface area (Å²) in [7, 11) is 1.37. The zero-order valence-corrected chi connectivity index (χ0v) is 10.7. The van der Waals surface area contributed by atoms with Crippen LogP contribution in [0.25, 0.3) is 0 Å². The van der Waals surface area contributed by atoms with Crippen molar-refractivity contribution in [3.05, 3.63) is 29.8 Å². The molecule has 0 aliphatic rings. The number of carboxylic acid groups (broad SMARTS) is 3. The van der Waals surface area contributed by atoms with E-state index in [1.54, 1.807) is 6.07 Å². The zero-order valence-electron chi connectivity index (χ0n) is 10.7. The van der Waals surface area contributed by atoms with Crippen molar-refractivity contribution < 1.29 is 34.4 Å². The fraction of sp³-hybridized carbons (Fsp3) is 0.308. The number of hydrogen-bond donors (Lipinski definition) is 3.